The zero-order valence-electron chi connectivity index (χ0n) is 61.7. The maximum Gasteiger partial charge on any atom is 0.0553 e. The van der Waals surface area contributed by atoms with Crippen LogP contribution in [0.1, 0.15) is 0 Å². The highest BCUT2D eigenvalue weighted by molar-refractivity contribution is 7.26. The molecule has 0 aliphatic carbocycles. The van der Waals surface area contributed by atoms with Gasteiger partial charge in [0.05, 0.1) is 44.1 Å². The average Bonchev–Trinajstić information content (AvgIpc) is 1.56. The van der Waals surface area contributed by atoms with Gasteiger partial charge >= 0.3 is 0 Å². The van der Waals surface area contributed by atoms with Gasteiger partial charge in [-0.1, -0.05) is 273 Å². The first-order valence-electron chi connectivity index (χ1n) is 39.1. The first-order valence-corrected chi connectivity index (χ1v) is 40.7. The molecule has 0 amide bonds. The van der Waals surface area contributed by atoms with Crippen molar-refractivity contribution in [1.29, 1.82) is 0 Å². The minimum Gasteiger partial charge on any atom is -0.309 e. The first-order chi connectivity index (χ1) is 56.5. The van der Waals surface area contributed by atoms with Crippen LogP contribution in [-0.4, -0.2) is 18.3 Å². The number of hydrogen-bond acceptors (Lipinski definition) is 2. The smallest absolute Gasteiger partial charge is 0.0553 e. The molecule has 0 spiro atoms. The Morgan fingerprint density at radius 3 is 1.10 bits per heavy atom. The Bertz CT molecular complexity index is 8050. The molecule has 0 aliphatic rings. The molecule has 0 atom stereocenters. The Hall–Kier alpha value is -14.4. The Balaban J connectivity index is 0.596. The summed E-state index contributed by atoms with van der Waals surface area (Å²) in [5.41, 5.74) is 30.8. The molecule has 0 N–H and O–H groups in total. The van der Waals surface area contributed by atoms with Gasteiger partial charge in [-0.2, -0.15) is 0 Å². The third kappa shape index (κ3) is 9.95. The van der Waals surface area contributed by atoms with Crippen LogP contribution in [0.15, 0.2) is 400 Å². The van der Waals surface area contributed by atoms with Gasteiger partial charge in [0.25, 0.3) is 0 Å². The summed E-state index contributed by atoms with van der Waals surface area (Å²) in [6.45, 7) is 0. The van der Waals surface area contributed by atoms with Gasteiger partial charge in [-0.3, -0.25) is 0 Å². The lowest BCUT2D eigenvalue weighted by molar-refractivity contribution is 1.18. The number of thiophene rings is 2. The van der Waals surface area contributed by atoms with E-state index in [1.807, 2.05) is 22.7 Å². The van der Waals surface area contributed by atoms with E-state index in [2.05, 4.69) is 419 Å². The quantitative estimate of drug-likeness (QED) is 0.123. The van der Waals surface area contributed by atoms with E-state index in [1.165, 1.54) is 189 Å². The lowest BCUT2D eigenvalue weighted by Gasteiger charge is -2.14. The highest BCUT2D eigenvalue weighted by Gasteiger charge is 2.26. The Kier molecular flexibility index (Phi) is 14.5. The minimum atomic E-state index is 1.11. The van der Waals surface area contributed by atoms with Crippen molar-refractivity contribution in [1.82, 2.24) is 18.3 Å². The molecule has 24 rings (SSSR count). The van der Waals surface area contributed by atoms with Gasteiger partial charge < -0.3 is 18.3 Å². The van der Waals surface area contributed by atoms with Gasteiger partial charge in [0.1, 0.15) is 0 Å². The molecule has 114 heavy (non-hydrogen) atoms. The average molecular weight is 1480 g/mol. The molecule has 0 radical (unpaired) electrons. The molecule has 18 aromatic carbocycles. The highest BCUT2D eigenvalue weighted by atomic mass is 32.1. The molecule has 6 heterocycles. The van der Waals surface area contributed by atoms with Crippen molar-refractivity contribution in [3.63, 3.8) is 0 Å². The van der Waals surface area contributed by atoms with E-state index in [4.69, 9.17) is 0 Å². The molecule has 6 heteroatoms. The number of rotatable bonds is 11. The number of hydrogen-bond donors (Lipinski definition) is 0. The summed E-state index contributed by atoms with van der Waals surface area (Å²) in [6, 6.07) is 149. The van der Waals surface area contributed by atoms with Crippen LogP contribution in [0.3, 0.4) is 0 Å². The number of aromatic nitrogens is 4. The molecule has 4 nitrogen and oxygen atoms in total. The lowest BCUT2D eigenvalue weighted by Crippen LogP contribution is -1.95. The molecular weight excluding hydrogens is 1420 g/mol. The van der Waals surface area contributed by atoms with Crippen LogP contribution < -0.4 is 0 Å². The monoisotopic (exact) mass is 1480 g/mol. The van der Waals surface area contributed by atoms with Gasteiger partial charge in [-0.25, -0.2) is 0 Å². The lowest BCUT2D eigenvalue weighted by atomic mass is 9.92. The largest absolute Gasteiger partial charge is 0.309 e. The van der Waals surface area contributed by atoms with Gasteiger partial charge in [0, 0.05) is 112 Å². The summed E-state index contributed by atoms with van der Waals surface area (Å²) in [6.07, 6.45) is 0. The van der Waals surface area contributed by atoms with Gasteiger partial charge in [-0.05, 0) is 200 Å². The SMILES string of the molecule is c1ccc(-n2c3ccccc3c3c(-c4ccc5c6ccccc6n(-c6ccc(-c7ccc(-c8ccc9sc%10c(-c%11cc(-c%12cccc%13c%12c%12ccccc%12n%13-c%12ccccc%12)cc%12c%11c%11ccccc%11n%12-c%11ccc(-c%12ccc(-c%13cccc%14sc%15ccccc%15c%13%14)cc%12)cc%11)cccc%10c9c8)cc7)cc6)c5c4)cccc32)cc1. The summed E-state index contributed by atoms with van der Waals surface area (Å²) in [5, 5.41) is 15.0. The second-order valence-electron chi connectivity index (χ2n) is 30.2. The molecule has 0 unspecified atom stereocenters. The second-order valence-corrected chi connectivity index (χ2v) is 32.3. The van der Waals surface area contributed by atoms with Crippen LogP contribution in [0.2, 0.25) is 0 Å². The summed E-state index contributed by atoms with van der Waals surface area (Å²) in [4.78, 5) is 0. The van der Waals surface area contributed by atoms with Gasteiger partial charge in [0.15, 0.2) is 0 Å². The van der Waals surface area contributed by atoms with Crippen molar-refractivity contribution in [3.05, 3.63) is 400 Å². The number of nitrogens with zero attached hydrogens (tertiary/aromatic N) is 4. The Morgan fingerprint density at radius 2 is 0.509 bits per heavy atom. The predicted molar refractivity (Wildman–Crippen MR) is 488 cm³/mol. The number of benzene rings is 18. The normalized spacial score (nSPS) is 12.0. The van der Waals surface area contributed by atoms with E-state index in [-0.39, 0.29) is 0 Å². The summed E-state index contributed by atoms with van der Waals surface area (Å²) in [5.74, 6) is 0. The fourth-order valence-electron chi connectivity index (χ4n) is 18.9. The molecule has 0 fully saturated rings. The van der Waals surface area contributed by atoms with Crippen LogP contribution >= 0.6 is 22.7 Å². The molecule has 6 aromatic heterocycles. The van der Waals surface area contributed by atoms with E-state index in [0.29, 0.717) is 0 Å². The predicted octanol–water partition coefficient (Wildman–Crippen LogP) is 30.5. The van der Waals surface area contributed by atoms with Gasteiger partial charge in [-0.15, -0.1) is 22.7 Å². The van der Waals surface area contributed by atoms with Crippen LogP contribution in [-0.2, 0) is 0 Å². The van der Waals surface area contributed by atoms with Crippen molar-refractivity contribution in [2.24, 2.45) is 0 Å². The van der Waals surface area contributed by atoms with Crippen molar-refractivity contribution in [3.8, 4) is 101 Å². The van der Waals surface area contributed by atoms with Crippen molar-refractivity contribution in [2.45, 2.75) is 0 Å². The first kappa shape index (κ1) is 64.4. The molecule has 530 valence electrons. The molecule has 0 saturated heterocycles. The van der Waals surface area contributed by atoms with Crippen molar-refractivity contribution in [2.75, 3.05) is 0 Å². The maximum absolute atomic E-state index is 2.51. The summed E-state index contributed by atoms with van der Waals surface area (Å²) < 4.78 is 15.0. The van der Waals surface area contributed by atoms with E-state index in [1.54, 1.807) is 0 Å². The van der Waals surface area contributed by atoms with E-state index in [9.17, 15) is 0 Å². The standard InChI is InChI=1S/C108H66N4S2/c1-3-21-76(22-4-1)109-94-36-13-8-26-87(94)104-81(30-18-39-97(104)109)74-55-61-84-83-25-7-12-35-93(83)111(99(84)65-74)78-57-51-69(52-58-78)67-43-45-71(46-44-67)73-56-62-102-91(63-73)85-33-17-34-86(108(85)114-102)92-64-75(82-31-19-40-98-105(82)88-27-9-14-37-95(88)110(98)77-23-5-2-6-24-77)66-100-106(92)89-28-10-15-38-96(89)112(100)79-59-53-70(54-60-79)68-47-49-72(50-48-68)80-32-20-42-103-107(80)90-29-11-16-41-101(90)113-103/h1-66H. The van der Waals surface area contributed by atoms with E-state index in [0.717, 1.165) is 39.3 Å². The van der Waals surface area contributed by atoms with Crippen LogP contribution in [0.25, 0.3) is 228 Å². The highest BCUT2D eigenvalue weighted by Crippen LogP contribution is 2.51. The third-order valence-electron chi connectivity index (χ3n) is 24.0. The maximum atomic E-state index is 2.51. The minimum absolute atomic E-state index is 1.11. The Morgan fingerprint density at radius 1 is 0.149 bits per heavy atom. The zero-order chi connectivity index (χ0) is 74.6. The number of fused-ring (bicyclic) bond motifs is 18. The zero-order valence-corrected chi connectivity index (χ0v) is 63.3. The van der Waals surface area contributed by atoms with E-state index < -0.39 is 0 Å². The summed E-state index contributed by atoms with van der Waals surface area (Å²) >= 11 is 3.77. The topological polar surface area (TPSA) is 19.7 Å². The molecule has 24 aromatic rings. The van der Waals surface area contributed by atoms with E-state index >= 15 is 0 Å². The number of para-hydroxylation sites is 6. The van der Waals surface area contributed by atoms with Crippen molar-refractivity contribution >= 4 is 150 Å². The fourth-order valence-corrected chi connectivity index (χ4v) is 21.2. The fraction of sp³-hybridized carbons (Fsp3) is 0. The molecular formula is C108H66N4S2. The molecule has 0 saturated carbocycles. The van der Waals surface area contributed by atoms with Gasteiger partial charge in [0.2, 0.25) is 0 Å². The third-order valence-corrected chi connectivity index (χ3v) is 26.4. The van der Waals surface area contributed by atoms with Crippen LogP contribution in [0.4, 0.5) is 0 Å². The second kappa shape index (κ2) is 25.6. The van der Waals surface area contributed by atoms with Crippen LogP contribution in [0.5, 0.6) is 0 Å². The molecule has 0 bridgehead atoms. The van der Waals surface area contributed by atoms with Crippen LogP contribution in [0, 0.1) is 0 Å². The summed E-state index contributed by atoms with van der Waals surface area (Å²) in [7, 11) is 0. The Labute approximate surface area is 664 Å². The molecule has 0 aliphatic heterocycles. The van der Waals surface area contributed by atoms with Crippen molar-refractivity contribution < 1.29 is 0 Å².